The average Bonchev–Trinajstić information content (AvgIpc) is 1.83. The normalized spacial score (nSPS) is 8.60. The van der Waals surface area contributed by atoms with E-state index in [9.17, 15) is 0 Å². The maximum absolute atomic E-state index is 8.88. The number of aromatic hydroxyl groups is 1. The van der Waals surface area contributed by atoms with Gasteiger partial charge >= 0.3 is 0 Å². The SMILES string of the molecule is Oc1cccc(Cl)c1Cl.[Al]. The number of phenols is 1. The molecular weight excluding hydrogens is 186 g/mol. The summed E-state index contributed by atoms with van der Waals surface area (Å²) in [7, 11) is 0. The highest BCUT2D eigenvalue weighted by Crippen LogP contribution is 2.29. The molecule has 0 unspecified atom stereocenters. The first-order chi connectivity index (χ1) is 4.22. The molecule has 0 fully saturated rings. The molecule has 0 aromatic heterocycles. The van der Waals surface area contributed by atoms with Gasteiger partial charge in [0.1, 0.15) is 10.8 Å². The van der Waals surface area contributed by atoms with Crippen molar-refractivity contribution in [3.8, 4) is 5.75 Å². The van der Waals surface area contributed by atoms with E-state index in [1.165, 1.54) is 6.07 Å². The molecule has 1 rings (SSSR count). The number of hydrogen-bond acceptors (Lipinski definition) is 1. The predicted octanol–water partition coefficient (Wildman–Crippen LogP) is 2.32. The molecular formula is C6H4AlCl2O. The summed E-state index contributed by atoms with van der Waals surface area (Å²) < 4.78 is 0. The number of phenolic OH excluding ortho intramolecular Hbond substituents is 1. The number of rotatable bonds is 0. The van der Waals surface area contributed by atoms with E-state index >= 15 is 0 Å². The van der Waals surface area contributed by atoms with Crippen molar-refractivity contribution in [3.63, 3.8) is 0 Å². The summed E-state index contributed by atoms with van der Waals surface area (Å²) >= 11 is 11.0. The number of hydrogen-bond donors (Lipinski definition) is 1. The molecule has 0 amide bonds. The van der Waals surface area contributed by atoms with E-state index in [2.05, 4.69) is 0 Å². The first kappa shape index (κ1) is 10.1. The van der Waals surface area contributed by atoms with Crippen molar-refractivity contribution in [3.05, 3.63) is 28.2 Å². The molecule has 10 heavy (non-hydrogen) atoms. The molecule has 0 bridgehead atoms. The second-order valence-corrected chi connectivity index (χ2v) is 2.36. The van der Waals surface area contributed by atoms with Crippen LogP contribution in [0.1, 0.15) is 0 Å². The first-order valence-corrected chi connectivity index (χ1v) is 3.10. The summed E-state index contributed by atoms with van der Waals surface area (Å²) in [5.41, 5.74) is 0. The minimum atomic E-state index is 0. The molecule has 51 valence electrons. The van der Waals surface area contributed by atoms with E-state index in [0.717, 1.165) is 0 Å². The maximum Gasteiger partial charge on any atom is 0.135 e. The van der Waals surface area contributed by atoms with Crippen LogP contribution in [0.2, 0.25) is 10.0 Å². The number of halogens is 2. The van der Waals surface area contributed by atoms with Crippen LogP contribution in [0.3, 0.4) is 0 Å². The lowest BCUT2D eigenvalue weighted by Gasteiger charge is -1.95. The van der Waals surface area contributed by atoms with Crippen molar-refractivity contribution in [1.82, 2.24) is 0 Å². The fourth-order valence-electron chi connectivity index (χ4n) is 0.492. The smallest absolute Gasteiger partial charge is 0.135 e. The van der Waals surface area contributed by atoms with Gasteiger partial charge in [-0.1, -0.05) is 29.3 Å². The molecule has 0 aliphatic rings. The van der Waals surface area contributed by atoms with Crippen LogP contribution in [0, 0.1) is 0 Å². The Morgan fingerprint density at radius 3 is 2.20 bits per heavy atom. The van der Waals surface area contributed by atoms with Gasteiger partial charge in [-0.15, -0.1) is 0 Å². The predicted molar refractivity (Wildman–Crippen MR) is 43.9 cm³/mol. The third kappa shape index (κ3) is 2.07. The highest BCUT2D eigenvalue weighted by atomic mass is 35.5. The highest BCUT2D eigenvalue weighted by Gasteiger charge is 1.99. The van der Waals surface area contributed by atoms with E-state index < -0.39 is 0 Å². The van der Waals surface area contributed by atoms with Crippen molar-refractivity contribution >= 4 is 40.6 Å². The van der Waals surface area contributed by atoms with Crippen LogP contribution in [0.5, 0.6) is 5.75 Å². The Kier molecular flexibility index (Phi) is 4.16. The second kappa shape index (κ2) is 4.10. The Bertz CT molecular complexity index is 207. The zero-order valence-corrected chi connectivity index (χ0v) is 7.68. The molecule has 0 heterocycles. The lowest BCUT2D eigenvalue weighted by atomic mass is 10.3. The zero-order valence-electron chi connectivity index (χ0n) is 5.01. The monoisotopic (exact) mass is 189 g/mol. The van der Waals surface area contributed by atoms with Crippen LogP contribution in [-0.2, 0) is 0 Å². The fraction of sp³-hybridized carbons (Fsp3) is 0. The summed E-state index contributed by atoms with van der Waals surface area (Å²) in [6.45, 7) is 0. The molecule has 1 aromatic carbocycles. The van der Waals surface area contributed by atoms with Crippen molar-refractivity contribution in [1.29, 1.82) is 0 Å². The van der Waals surface area contributed by atoms with Crippen molar-refractivity contribution < 1.29 is 5.11 Å². The largest absolute Gasteiger partial charge is 0.506 e. The second-order valence-electron chi connectivity index (χ2n) is 1.57. The molecule has 0 saturated carbocycles. The van der Waals surface area contributed by atoms with Gasteiger partial charge in [-0.2, -0.15) is 0 Å². The lowest BCUT2D eigenvalue weighted by molar-refractivity contribution is 0.475. The minimum Gasteiger partial charge on any atom is -0.506 e. The van der Waals surface area contributed by atoms with E-state index in [0.29, 0.717) is 5.02 Å². The van der Waals surface area contributed by atoms with Crippen LogP contribution in [0.25, 0.3) is 0 Å². The van der Waals surface area contributed by atoms with Gasteiger partial charge in [0, 0.05) is 17.4 Å². The first-order valence-electron chi connectivity index (χ1n) is 2.35. The zero-order chi connectivity index (χ0) is 6.85. The summed E-state index contributed by atoms with van der Waals surface area (Å²) in [5, 5.41) is 9.46. The van der Waals surface area contributed by atoms with Gasteiger partial charge in [0.05, 0.1) is 5.02 Å². The van der Waals surface area contributed by atoms with Crippen molar-refractivity contribution in [2.24, 2.45) is 0 Å². The third-order valence-electron chi connectivity index (χ3n) is 0.931. The van der Waals surface area contributed by atoms with Gasteiger partial charge in [-0.25, -0.2) is 0 Å². The van der Waals surface area contributed by atoms with Gasteiger partial charge < -0.3 is 5.11 Å². The molecule has 0 saturated heterocycles. The van der Waals surface area contributed by atoms with Crippen LogP contribution in [0.15, 0.2) is 18.2 Å². The Labute approximate surface area is 79.7 Å². The molecule has 1 N–H and O–H groups in total. The van der Waals surface area contributed by atoms with Gasteiger partial charge in [0.2, 0.25) is 0 Å². The molecule has 0 atom stereocenters. The number of benzene rings is 1. The quantitative estimate of drug-likeness (QED) is 0.622. The Hall–Kier alpha value is 0.132. The molecule has 3 radical (unpaired) electrons. The topological polar surface area (TPSA) is 20.2 Å². The van der Waals surface area contributed by atoms with Gasteiger partial charge in [-0.05, 0) is 12.1 Å². The van der Waals surface area contributed by atoms with E-state index in [-0.39, 0.29) is 28.1 Å². The molecule has 0 spiro atoms. The highest BCUT2D eigenvalue weighted by molar-refractivity contribution is 6.42. The van der Waals surface area contributed by atoms with E-state index in [4.69, 9.17) is 28.3 Å². The summed E-state index contributed by atoms with van der Waals surface area (Å²) in [5.74, 6) is 0.0177. The molecule has 1 nitrogen and oxygen atoms in total. The Morgan fingerprint density at radius 2 is 1.80 bits per heavy atom. The Morgan fingerprint density at radius 1 is 1.20 bits per heavy atom. The average molecular weight is 190 g/mol. The van der Waals surface area contributed by atoms with Crippen LogP contribution >= 0.6 is 23.2 Å². The van der Waals surface area contributed by atoms with Crippen molar-refractivity contribution in [2.45, 2.75) is 0 Å². The molecule has 0 aliphatic carbocycles. The molecule has 4 heteroatoms. The van der Waals surface area contributed by atoms with E-state index in [1.807, 2.05) is 0 Å². The fourth-order valence-corrected chi connectivity index (χ4v) is 0.788. The molecule has 1 aromatic rings. The lowest BCUT2D eigenvalue weighted by Crippen LogP contribution is -1.67. The molecule has 0 aliphatic heterocycles. The van der Waals surface area contributed by atoms with Gasteiger partial charge in [-0.3, -0.25) is 0 Å². The standard InChI is InChI=1S/C6H4Cl2O.Al/c7-4-2-1-3-5(9)6(4)8;/h1-3,9H;. The third-order valence-corrected chi connectivity index (χ3v) is 1.74. The van der Waals surface area contributed by atoms with Gasteiger partial charge in [0.25, 0.3) is 0 Å². The van der Waals surface area contributed by atoms with Crippen LogP contribution in [0.4, 0.5) is 0 Å². The minimum absolute atomic E-state index is 0. The summed E-state index contributed by atoms with van der Waals surface area (Å²) in [6.07, 6.45) is 0. The van der Waals surface area contributed by atoms with Gasteiger partial charge in [0.15, 0.2) is 0 Å². The van der Waals surface area contributed by atoms with Crippen LogP contribution < -0.4 is 0 Å². The van der Waals surface area contributed by atoms with E-state index in [1.54, 1.807) is 12.1 Å². The van der Waals surface area contributed by atoms with Crippen molar-refractivity contribution in [2.75, 3.05) is 0 Å². The summed E-state index contributed by atoms with van der Waals surface area (Å²) in [6, 6.07) is 4.72. The van der Waals surface area contributed by atoms with Crippen LogP contribution in [-0.4, -0.2) is 22.5 Å². The maximum atomic E-state index is 8.88. The Balaban J connectivity index is 0.000000810. The summed E-state index contributed by atoms with van der Waals surface area (Å²) in [4.78, 5) is 0.